The number of nitrogens with zero attached hydrogens (tertiary/aromatic N) is 2. The minimum absolute atomic E-state index is 0.0613. The summed E-state index contributed by atoms with van der Waals surface area (Å²) >= 11 is 6.18. The predicted octanol–water partition coefficient (Wildman–Crippen LogP) is 5.46. The summed E-state index contributed by atoms with van der Waals surface area (Å²) in [7, 11) is 0. The van der Waals surface area contributed by atoms with Gasteiger partial charge in [-0.2, -0.15) is 0 Å². The highest BCUT2D eigenvalue weighted by Crippen LogP contribution is 2.33. The van der Waals surface area contributed by atoms with Crippen LogP contribution in [0.2, 0.25) is 5.28 Å². The summed E-state index contributed by atoms with van der Waals surface area (Å²) in [5, 5.41) is 9.26. The fraction of sp³-hybridized carbons (Fsp3) is 0.435. The minimum Gasteiger partial charge on any atom is -0.481 e. The second kappa shape index (κ2) is 9.42. The number of carbonyl (C=O) groups is 1. The summed E-state index contributed by atoms with van der Waals surface area (Å²) in [6.07, 6.45) is 3.23. The molecule has 2 heterocycles. The molecule has 6 nitrogen and oxygen atoms in total. The van der Waals surface area contributed by atoms with Crippen LogP contribution in [0.4, 0.5) is 4.39 Å². The molecule has 0 radical (unpaired) electrons. The van der Waals surface area contributed by atoms with Crippen LogP contribution in [0.5, 0.6) is 0 Å². The number of carboxylic acids is 1. The zero-order valence-corrected chi connectivity index (χ0v) is 18.7. The van der Waals surface area contributed by atoms with E-state index in [0.29, 0.717) is 17.7 Å². The first-order valence-electron chi connectivity index (χ1n) is 10.1. The average molecular weight is 449 g/mol. The topological polar surface area (TPSA) is 81.5 Å². The fourth-order valence-electron chi connectivity index (χ4n) is 3.68. The Morgan fingerprint density at radius 1 is 1.29 bits per heavy atom. The first-order chi connectivity index (χ1) is 14.5. The highest BCUT2D eigenvalue weighted by atomic mass is 35.5. The molecule has 1 aromatic heterocycles. The van der Waals surface area contributed by atoms with Gasteiger partial charge in [0.05, 0.1) is 30.0 Å². The second-order valence-corrected chi connectivity index (χ2v) is 8.63. The number of carboxylic acid groups (broad SMARTS) is 1. The van der Waals surface area contributed by atoms with Crippen molar-refractivity contribution in [3.05, 3.63) is 52.7 Å². The normalized spacial score (nSPS) is 21.0. The standard InChI is InChI=1S/C23H26ClFN2O4/c1-13(2)20-18(21(27-22(24)26-20)14-5-7-15(25)8-6-14)10-9-16-11-17(12-19(28)29)31-23(3,4)30-16/h5-10,13,16-17H,11-12H2,1-4H3,(H,28,29)/b10-9+. The lowest BCUT2D eigenvalue weighted by molar-refractivity contribution is -0.290. The Hall–Kier alpha value is -2.35. The molecule has 3 rings (SSSR count). The Labute approximate surface area is 186 Å². The number of halogens is 2. The van der Waals surface area contributed by atoms with Gasteiger partial charge in [0, 0.05) is 17.5 Å². The number of ether oxygens (including phenoxy) is 2. The molecular formula is C23H26ClFN2O4. The van der Waals surface area contributed by atoms with Gasteiger partial charge in [-0.1, -0.05) is 26.0 Å². The summed E-state index contributed by atoms with van der Waals surface area (Å²) in [5.41, 5.74) is 2.82. The third-order valence-corrected chi connectivity index (χ3v) is 5.04. The molecule has 0 aliphatic carbocycles. The summed E-state index contributed by atoms with van der Waals surface area (Å²) in [4.78, 5) is 20.0. The van der Waals surface area contributed by atoms with Crippen molar-refractivity contribution in [1.82, 2.24) is 9.97 Å². The van der Waals surface area contributed by atoms with E-state index in [4.69, 9.17) is 26.2 Å². The first-order valence-corrected chi connectivity index (χ1v) is 10.5. The Morgan fingerprint density at radius 2 is 1.97 bits per heavy atom. The lowest BCUT2D eigenvalue weighted by atomic mass is 9.97. The van der Waals surface area contributed by atoms with E-state index >= 15 is 0 Å². The fourth-order valence-corrected chi connectivity index (χ4v) is 3.86. The molecule has 2 unspecified atom stereocenters. The average Bonchev–Trinajstić information content (AvgIpc) is 2.65. The van der Waals surface area contributed by atoms with Gasteiger partial charge >= 0.3 is 5.97 Å². The maximum atomic E-state index is 13.4. The van der Waals surface area contributed by atoms with Crippen LogP contribution in [0.1, 0.15) is 57.7 Å². The Balaban J connectivity index is 2.00. The molecule has 8 heteroatoms. The molecule has 2 atom stereocenters. The Kier molecular flexibility index (Phi) is 7.09. The van der Waals surface area contributed by atoms with E-state index in [2.05, 4.69) is 9.97 Å². The van der Waals surface area contributed by atoms with Gasteiger partial charge in [-0.3, -0.25) is 4.79 Å². The number of aromatic nitrogens is 2. The van der Waals surface area contributed by atoms with Crippen molar-refractivity contribution in [2.45, 2.75) is 64.4 Å². The molecule has 31 heavy (non-hydrogen) atoms. The lowest BCUT2D eigenvalue weighted by Gasteiger charge is -2.39. The molecule has 0 amide bonds. The van der Waals surface area contributed by atoms with Crippen molar-refractivity contribution in [2.24, 2.45) is 0 Å². The molecule has 166 valence electrons. The summed E-state index contributed by atoms with van der Waals surface area (Å²) in [6, 6.07) is 6.03. The maximum Gasteiger partial charge on any atom is 0.305 e. The summed E-state index contributed by atoms with van der Waals surface area (Å²) < 4.78 is 25.1. The number of benzene rings is 1. The van der Waals surface area contributed by atoms with Crippen LogP contribution in [-0.2, 0) is 14.3 Å². The monoisotopic (exact) mass is 448 g/mol. The number of hydrogen-bond donors (Lipinski definition) is 1. The predicted molar refractivity (Wildman–Crippen MR) is 116 cm³/mol. The highest BCUT2D eigenvalue weighted by molar-refractivity contribution is 6.28. The third kappa shape index (κ3) is 6.09. The highest BCUT2D eigenvalue weighted by Gasteiger charge is 2.35. The van der Waals surface area contributed by atoms with Gasteiger partial charge in [-0.25, -0.2) is 14.4 Å². The molecule has 1 aromatic carbocycles. The van der Waals surface area contributed by atoms with Crippen LogP contribution < -0.4 is 0 Å². The molecule has 1 saturated heterocycles. The Bertz CT molecular complexity index is 976. The third-order valence-electron chi connectivity index (χ3n) is 4.87. The van der Waals surface area contributed by atoms with Crippen molar-refractivity contribution in [3.8, 4) is 11.3 Å². The van der Waals surface area contributed by atoms with Crippen LogP contribution in [-0.4, -0.2) is 39.0 Å². The summed E-state index contributed by atoms with van der Waals surface area (Å²) in [5.74, 6) is -2.11. The van der Waals surface area contributed by atoms with E-state index in [0.717, 1.165) is 11.3 Å². The number of rotatable bonds is 6. The van der Waals surface area contributed by atoms with Crippen LogP contribution in [0.15, 0.2) is 30.3 Å². The maximum absolute atomic E-state index is 13.4. The van der Waals surface area contributed by atoms with Crippen molar-refractivity contribution < 1.29 is 23.8 Å². The smallest absolute Gasteiger partial charge is 0.305 e. The Morgan fingerprint density at radius 3 is 2.58 bits per heavy atom. The van der Waals surface area contributed by atoms with Crippen LogP contribution in [0.25, 0.3) is 17.3 Å². The lowest BCUT2D eigenvalue weighted by Crippen LogP contribution is -2.44. The van der Waals surface area contributed by atoms with E-state index in [1.54, 1.807) is 26.0 Å². The van der Waals surface area contributed by atoms with Gasteiger partial charge in [0.25, 0.3) is 0 Å². The van der Waals surface area contributed by atoms with Crippen LogP contribution in [0, 0.1) is 5.82 Å². The molecule has 0 spiro atoms. The van der Waals surface area contributed by atoms with E-state index in [1.165, 1.54) is 12.1 Å². The van der Waals surface area contributed by atoms with Gasteiger partial charge in [-0.15, -0.1) is 0 Å². The van der Waals surface area contributed by atoms with Crippen LogP contribution in [0.3, 0.4) is 0 Å². The van der Waals surface area contributed by atoms with Crippen molar-refractivity contribution in [3.63, 3.8) is 0 Å². The quantitative estimate of drug-likeness (QED) is 0.591. The van der Waals surface area contributed by atoms with Gasteiger partial charge in [0.15, 0.2) is 5.79 Å². The zero-order chi connectivity index (χ0) is 22.8. The van der Waals surface area contributed by atoms with Crippen molar-refractivity contribution in [2.75, 3.05) is 0 Å². The molecular weight excluding hydrogens is 423 g/mol. The van der Waals surface area contributed by atoms with Gasteiger partial charge in [-0.05, 0) is 55.6 Å². The van der Waals surface area contributed by atoms with E-state index < -0.39 is 17.9 Å². The zero-order valence-electron chi connectivity index (χ0n) is 17.9. The van der Waals surface area contributed by atoms with Gasteiger partial charge in [0.1, 0.15) is 5.82 Å². The van der Waals surface area contributed by atoms with E-state index in [9.17, 15) is 9.18 Å². The first kappa shape index (κ1) is 23.3. The molecule has 1 N–H and O–H groups in total. The summed E-state index contributed by atoms with van der Waals surface area (Å²) in [6.45, 7) is 7.52. The molecule has 0 bridgehead atoms. The number of hydrogen-bond acceptors (Lipinski definition) is 5. The molecule has 0 saturated carbocycles. The molecule has 2 aromatic rings. The molecule has 1 aliphatic heterocycles. The SMILES string of the molecule is CC(C)c1nc(Cl)nc(-c2ccc(F)cc2)c1/C=C/C1CC(CC(=O)O)OC(C)(C)O1. The van der Waals surface area contributed by atoms with E-state index in [1.807, 2.05) is 26.0 Å². The van der Waals surface area contributed by atoms with Crippen molar-refractivity contribution >= 4 is 23.6 Å². The largest absolute Gasteiger partial charge is 0.481 e. The van der Waals surface area contributed by atoms with Crippen LogP contribution >= 0.6 is 11.6 Å². The minimum atomic E-state index is -0.919. The molecule has 1 aliphatic rings. The second-order valence-electron chi connectivity index (χ2n) is 8.29. The van der Waals surface area contributed by atoms with E-state index in [-0.39, 0.29) is 29.5 Å². The molecule has 1 fully saturated rings. The van der Waals surface area contributed by atoms with Crippen molar-refractivity contribution in [1.29, 1.82) is 0 Å². The number of aliphatic carboxylic acids is 1. The van der Waals surface area contributed by atoms with Gasteiger partial charge < -0.3 is 14.6 Å². The van der Waals surface area contributed by atoms with Gasteiger partial charge in [0.2, 0.25) is 5.28 Å².